The molecule has 1 amide bonds. The number of benzene rings is 1. The molecule has 0 unspecified atom stereocenters. The number of hydrogen-bond acceptors (Lipinski definition) is 5. The Balaban J connectivity index is 1.92. The molecule has 0 fully saturated rings. The molecular weight excluding hydrogens is 268 g/mol. The molecule has 0 saturated heterocycles. The van der Waals surface area contributed by atoms with E-state index in [1.54, 1.807) is 13.1 Å². The number of nitrogens with zero attached hydrogens (tertiary/aromatic N) is 3. The second kappa shape index (κ2) is 5.58. The van der Waals surface area contributed by atoms with E-state index in [0.29, 0.717) is 23.8 Å². The minimum absolute atomic E-state index is 0.179. The van der Waals surface area contributed by atoms with Crippen LogP contribution >= 0.6 is 0 Å². The monoisotopic (exact) mass is 282 g/mol. The number of fused-ring (bicyclic) bond motifs is 1. The Morgan fingerprint density at radius 2 is 2.19 bits per heavy atom. The highest BCUT2D eigenvalue weighted by Gasteiger charge is 2.12. The third-order valence-electron chi connectivity index (χ3n) is 3.10. The van der Waals surface area contributed by atoms with Crippen molar-refractivity contribution in [3.63, 3.8) is 0 Å². The smallest absolute Gasteiger partial charge is 0.252 e. The summed E-state index contributed by atoms with van der Waals surface area (Å²) in [4.78, 5) is 20.8. The number of H-pyrrole nitrogens is 1. The van der Waals surface area contributed by atoms with Crippen molar-refractivity contribution in [3.05, 3.63) is 48.0 Å². The van der Waals surface area contributed by atoms with Gasteiger partial charge in [0.05, 0.1) is 17.6 Å². The molecule has 106 valence electrons. The second-order valence-corrected chi connectivity index (χ2v) is 4.44. The van der Waals surface area contributed by atoms with Gasteiger partial charge in [-0.15, -0.1) is 0 Å². The normalized spacial score (nSPS) is 10.5. The van der Waals surface area contributed by atoms with Gasteiger partial charge in [0.15, 0.2) is 0 Å². The second-order valence-electron chi connectivity index (χ2n) is 4.44. The van der Waals surface area contributed by atoms with Crippen LogP contribution in [0.4, 0.5) is 5.82 Å². The van der Waals surface area contributed by atoms with Crippen molar-refractivity contribution in [1.29, 1.82) is 0 Å². The van der Waals surface area contributed by atoms with Gasteiger partial charge in [0.25, 0.3) is 5.91 Å². The molecule has 3 rings (SSSR count). The summed E-state index contributed by atoms with van der Waals surface area (Å²) in [5.41, 5.74) is 1.35. The quantitative estimate of drug-likeness (QED) is 0.671. The summed E-state index contributed by atoms with van der Waals surface area (Å²) in [6, 6.07) is 9.27. The largest absolute Gasteiger partial charge is 0.373 e. The topological polar surface area (TPSA) is 95.6 Å². The summed E-state index contributed by atoms with van der Waals surface area (Å²) >= 11 is 0. The number of anilines is 1. The van der Waals surface area contributed by atoms with E-state index in [2.05, 4.69) is 30.8 Å². The first-order valence-electron chi connectivity index (χ1n) is 6.48. The number of pyridine rings is 1. The Hall–Kier alpha value is -2.96. The fourth-order valence-corrected chi connectivity index (χ4v) is 2.07. The van der Waals surface area contributed by atoms with E-state index in [-0.39, 0.29) is 5.91 Å². The fraction of sp³-hybridized carbons (Fsp3) is 0.143. The first-order valence-corrected chi connectivity index (χ1v) is 6.48. The van der Waals surface area contributed by atoms with E-state index >= 15 is 0 Å². The minimum atomic E-state index is -0.179. The van der Waals surface area contributed by atoms with Gasteiger partial charge in [-0.3, -0.25) is 9.89 Å². The number of carbonyl (C=O) groups is 1. The summed E-state index contributed by atoms with van der Waals surface area (Å²) in [5, 5.41) is 13.0. The standard InChI is InChI=1S/C14H14N6O/c1-15-12-6-10(9-4-2-3-5-11(9)19-12)14(21)16-7-13-17-8-18-20-13/h2-6,8H,7H2,1H3,(H,15,19)(H,16,21)(H,17,18,20). The van der Waals surface area contributed by atoms with Gasteiger partial charge in [-0.05, 0) is 12.1 Å². The molecule has 3 aromatic rings. The van der Waals surface area contributed by atoms with Gasteiger partial charge in [-0.1, -0.05) is 18.2 Å². The SMILES string of the molecule is CNc1cc(C(=O)NCc2ncn[nH]2)c2ccccc2n1. The maximum absolute atomic E-state index is 12.4. The first-order chi connectivity index (χ1) is 10.3. The molecular formula is C14H14N6O. The third-order valence-corrected chi connectivity index (χ3v) is 3.10. The van der Waals surface area contributed by atoms with Crippen molar-refractivity contribution in [2.75, 3.05) is 12.4 Å². The van der Waals surface area contributed by atoms with E-state index in [0.717, 1.165) is 10.9 Å². The lowest BCUT2D eigenvalue weighted by Gasteiger charge is -2.09. The summed E-state index contributed by atoms with van der Waals surface area (Å²) in [6.07, 6.45) is 1.41. The maximum atomic E-state index is 12.4. The predicted octanol–water partition coefficient (Wildman–Crippen LogP) is 1.32. The van der Waals surface area contributed by atoms with Crippen molar-refractivity contribution in [2.45, 2.75) is 6.54 Å². The zero-order valence-corrected chi connectivity index (χ0v) is 11.4. The van der Waals surface area contributed by atoms with Gasteiger partial charge >= 0.3 is 0 Å². The molecule has 2 aromatic heterocycles. The van der Waals surface area contributed by atoms with Crippen molar-refractivity contribution in [2.24, 2.45) is 0 Å². The molecule has 0 aliphatic rings. The van der Waals surface area contributed by atoms with Gasteiger partial charge in [0.1, 0.15) is 18.0 Å². The molecule has 0 saturated carbocycles. The van der Waals surface area contributed by atoms with Crippen LogP contribution in [-0.4, -0.2) is 33.1 Å². The Bertz CT molecular complexity index is 768. The highest BCUT2D eigenvalue weighted by Crippen LogP contribution is 2.20. The number of para-hydroxylation sites is 1. The Kier molecular flexibility index (Phi) is 3.46. The van der Waals surface area contributed by atoms with E-state index in [4.69, 9.17) is 0 Å². The predicted molar refractivity (Wildman–Crippen MR) is 78.8 cm³/mol. The van der Waals surface area contributed by atoms with Crippen LogP contribution < -0.4 is 10.6 Å². The van der Waals surface area contributed by atoms with Crippen molar-refractivity contribution in [1.82, 2.24) is 25.5 Å². The van der Waals surface area contributed by atoms with Crippen LogP contribution in [0.1, 0.15) is 16.2 Å². The summed E-state index contributed by atoms with van der Waals surface area (Å²) in [7, 11) is 1.77. The fourth-order valence-electron chi connectivity index (χ4n) is 2.07. The van der Waals surface area contributed by atoms with Crippen molar-refractivity contribution >= 4 is 22.6 Å². The minimum Gasteiger partial charge on any atom is -0.373 e. The molecule has 3 N–H and O–H groups in total. The van der Waals surface area contributed by atoms with Crippen molar-refractivity contribution in [3.8, 4) is 0 Å². The first kappa shape index (κ1) is 13.0. The lowest BCUT2D eigenvalue weighted by Crippen LogP contribution is -2.24. The van der Waals surface area contributed by atoms with Crippen LogP contribution in [0, 0.1) is 0 Å². The van der Waals surface area contributed by atoms with Crippen LogP contribution in [0.3, 0.4) is 0 Å². The molecule has 21 heavy (non-hydrogen) atoms. The van der Waals surface area contributed by atoms with E-state index in [1.165, 1.54) is 6.33 Å². The van der Waals surface area contributed by atoms with Crippen LogP contribution in [0.5, 0.6) is 0 Å². The van der Waals surface area contributed by atoms with E-state index in [9.17, 15) is 4.79 Å². The summed E-state index contributed by atoms with van der Waals surface area (Å²) < 4.78 is 0. The number of amides is 1. The van der Waals surface area contributed by atoms with Gasteiger partial charge in [-0.2, -0.15) is 5.10 Å². The lowest BCUT2D eigenvalue weighted by molar-refractivity contribution is 0.0951. The van der Waals surface area contributed by atoms with Gasteiger partial charge in [0.2, 0.25) is 0 Å². The number of aromatic amines is 1. The zero-order chi connectivity index (χ0) is 14.7. The third kappa shape index (κ3) is 2.66. The molecule has 7 heteroatoms. The zero-order valence-electron chi connectivity index (χ0n) is 11.4. The lowest BCUT2D eigenvalue weighted by atomic mass is 10.1. The molecule has 7 nitrogen and oxygen atoms in total. The molecule has 0 spiro atoms. The van der Waals surface area contributed by atoms with Gasteiger partial charge in [-0.25, -0.2) is 9.97 Å². The Morgan fingerprint density at radius 3 is 2.95 bits per heavy atom. The number of rotatable bonds is 4. The molecule has 0 aliphatic heterocycles. The van der Waals surface area contributed by atoms with Crippen LogP contribution in [-0.2, 0) is 6.54 Å². The maximum Gasteiger partial charge on any atom is 0.252 e. The van der Waals surface area contributed by atoms with Crippen molar-refractivity contribution < 1.29 is 4.79 Å². The number of carbonyl (C=O) groups excluding carboxylic acids is 1. The summed E-state index contributed by atoms with van der Waals surface area (Å²) in [5.74, 6) is 1.08. The van der Waals surface area contributed by atoms with Gasteiger partial charge < -0.3 is 10.6 Å². The molecule has 2 heterocycles. The molecule has 0 atom stereocenters. The average molecular weight is 282 g/mol. The molecule has 0 radical (unpaired) electrons. The highest BCUT2D eigenvalue weighted by atomic mass is 16.1. The molecule has 0 aliphatic carbocycles. The van der Waals surface area contributed by atoms with E-state index in [1.807, 2.05) is 24.3 Å². The Morgan fingerprint density at radius 1 is 1.33 bits per heavy atom. The summed E-state index contributed by atoms with van der Waals surface area (Å²) in [6.45, 7) is 0.296. The average Bonchev–Trinajstić information content (AvgIpc) is 3.05. The Labute approximate surface area is 120 Å². The number of nitrogens with one attached hydrogen (secondary N) is 3. The van der Waals surface area contributed by atoms with Crippen LogP contribution in [0.25, 0.3) is 10.9 Å². The van der Waals surface area contributed by atoms with Gasteiger partial charge in [0, 0.05) is 12.4 Å². The van der Waals surface area contributed by atoms with Crippen LogP contribution in [0.15, 0.2) is 36.7 Å². The van der Waals surface area contributed by atoms with Crippen LogP contribution in [0.2, 0.25) is 0 Å². The molecule has 0 bridgehead atoms. The number of hydrogen-bond donors (Lipinski definition) is 3. The molecule has 1 aromatic carbocycles. The van der Waals surface area contributed by atoms with E-state index < -0.39 is 0 Å². The number of aromatic nitrogens is 4. The highest BCUT2D eigenvalue weighted by molar-refractivity contribution is 6.06.